The standard InChI is InChI=1S/C23H20N2O4/c1-28-15-11-12-21(29-2)18(13-15)24-22(26)14-25-19-9-5-3-7-16(19)23(27)17-8-4-6-10-20(17)25/h3-13H,14H2,1-2H3,(H,24,26). The molecule has 0 aliphatic heterocycles. The summed E-state index contributed by atoms with van der Waals surface area (Å²) < 4.78 is 12.4. The Kier molecular flexibility index (Phi) is 4.91. The van der Waals surface area contributed by atoms with Crippen LogP contribution in [0.25, 0.3) is 21.8 Å². The zero-order valence-electron chi connectivity index (χ0n) is 16.1. The zero-order valence-corrected chi connectivity index (χ0v) is 16.1. The largest absolute Gasteiger partial charge is 0.497 e. The number of pyridine rings is 1. The van der Waals surface area contributed by atoms with Gasteiger partial charge in [0, 0.05) is 16.8 Å². The monoisotopic (exact) mass is 388 g/mol. The van der Waals surface area contributed by atoms with Crippen LogP contribution in [0.15, 0.2) is 71.5 Å². The van der Waals surface area contributed by atoms with Gasteiger partial charge in [0.25, 0.3) is 0 Å². The summed E-state index contributed by atoms with van der Waals surface area (Å²) in [6.45, 7) is 0.0433. The van der Waals surface area contributed by atoms with Crippen molar-refractivity contribution in [2.75, 3.05) is 19.5 Å². The lowest BCUT2D eigenvalue weighted by Gasteiger charge is -2.16. The van der Waals surface area contributed by atoms with E-state index in [9.17, 15) is 9.59 Å². The molecule has 29 heavy (non-hydrogen) atoms. The van der Waals surface area contributed by atoms with E-state index in [-0.39, 0.29) is 17.9 Å². The van der Waals surface area contributed by atoms with Gasteiger partial charge in [0.2, 0.25) is 5.91 Å². The van der Waals surface area contributed by atoms with Gasteiger partial charge < -0.3 is 19.4 Å². The quantitative estimate of drug-likeness (QED) is 0.528. The molecule has 1 N–H and O–H groups in total. The van der Waals surface area contributed by atoms with Crippen molar-refractivity contribution in [2.45, 2.75) is 6.54 Å². The number of rotatable bonds is 5. The minimum absolute atomic E-state index is 0.0395. The molecule has 1 heterocycles. The molecule has 6 nitrogen and oxygen atoms in total. The third-order valence-corrected chi connectivity index (χ3v) is 4.86. The lowest BCUT2D eigenvalue weighted by molar-refractivity contribution is -0.116. The van der Waals surface area contributed by atoms with Crippen LogP contribution in [0, 0.1) is 0 Å². The summed E-state index contributed by atoms with van der Waals surface area (Å²) >= 11 is 0. The van der Waals surface area contributed by atoms with Gasteiger partial charge in [-0.15, -0.1) is 0 Å². The number of carbonyl (C=O) groups excluding carboxylic acids is 1. The number of nitrogens with one attached hydrogen (secondary N) is 1. The Morgan fingerprint density at radius 3 is 2.10 bits per heavy atom. The fourth-order valence-electron chi connectivity index (χ4n) is 3.49. The van der Waals surface area contributed by atoms with E-state index in [1.807, 2.05) is 41.0 Å². The first kappa shape index (κ1) is 18.6. The van der Waals surface area contributed by atoms with Crippen molar-refractivity contribution in [3.8, 4) is 11.5 Å². The number of amides is 1. The Bertz CT molecular complexity index is 1220. The Hall–Kier alpha value is -3.80. The number of nitrogens with zero attached hydrogens (tertiary/aromatic N) is 1. The highest BCUT2D eigenvalue weighted by atomic mass is 16.5. The molecule has 0 bridgehead atoms. The van der Waals surface area contributed by atoms with Crippen LogP contribution in [0.4, 0.5) is 5.69 Å². The predicted octanol–water partition coefficient (Wildman–Crippen LogP) is 3.81. The van der Waals surface area contributed by atoms with E-state index in [0.717, 1.165) is 0 Å². The van der Waals surface area contributed by atoms with E-state index in [2.05, 4.69) is 5.32 Å². The number of para-hydroxylation sites is 2. The molecule has 4 rings (SSSR count). The highest BCUT2D eigenvalue weighted by Crippen LogP contribution is 2.29. The number of ether oxygens (including phenoxy) is 2. The smallest absolute Gasteiger partial charge is 0.244 e. The van der Waals surface area contributed by atoms with Crippen LogP contribution in [0.5, 0.6) is 11.5 Å². The summed E-state index contributed by atoms with van der Waals surface area (Å²) in [4.78, 5) is 25.7. The Morgan fingerprint density at radius 1 is 0.897 bits per heavy atom. The van der Waals surface area contributed by atoms with Gasteiger partial charge in [-0.1, -0.05) is 24.3 Å². The first-order valence-electron chi connectivity index (χ1n) is 9.14. The highest BCUT2D eigenvalue weighted by molar-refractivity contribution is 5.97. The maximum atomic E-state index is 12.9. The first-order chi connectivity index (χ1) is 14.1. The molecule has 0 saturated heterocycles. The minimum Gasteiger partial charge on any atom is -0.497 e. The van der Waals surface area contributed by atoms with Gasteiger partial charge in [0.05, 0.1) is 30.9 Å². The Balaban J connectivity index is 1.77. The molecule has 146 valence electrons. The fraction of sp³-hybridized carbons (Fsp3) is 0.130. The summed E-state index contributed by atoms with van der Waals surface area (Å²) in [7, 11) is 3.10. The average Bonchev–Trinajstić information content (AvgIpc) is 2.76. The van der Waals surface area contributed by atoms with Gasteiger partial charge in [-0.2, -0.15) is 0 Å². The molecule has 0 spiro atoms. The Labute approximate surface area is 167 Å². The number of hydrogen-bond acceptors (Lipinski definition) is 4. The van der Waals surface area contributed by atoms with Crippen molar-refractivity contribution in [3.05, 3.63) is 77.0 Å². The van der Waals surface area contributed by atoms with Crippen LogP contribution in [-0.4, -0.2) is 24.7 Å². The predicted molar refractivity (Wildman–Crippen MR) is 114 cm³/mol. The van der Waals surface area contributed by atoms with Crippen molar-refractivity contribution in [3.63, 3.8) is 0 Å². The van der Waals surface area contributed by atoms with Crippen LogP contribution >= 0.6 is 0 Å². The molecule has 0 aliphatic rings. The van der Waals surface area contributed by atoms with Crippen LogP contribution in [0.3, 0.4) is 0 Å². The van der Waals surface area contributed by atoms with Gasteiger partial charge in [-0.3, -0.25) is 9.59 Å². The number of carbonyl (C=O) groups is 1. The van der Waals surface area contributed by atoms with Crippen LogP contribution in [-0.2, 0) is 11.3 Å². The molecule has 4 aromatic rings. The van der Waals surface area contributed by atoms with Gasteiger partial charge in [-0.25, -0.2) is 0 Å². The van der Waals surface area contributed by atoms with Gasteiger partial charge in [0.15, 0.2) is 5.43 Å². The van der Waals surface area contributed by atoms with E-state index in [1.165, 1.54) is 0 Å². The first-order valence-corrected chi connectivity index (χ1v) is 9.14. The Morgan fingerprint density at radius 2 is 1.52 bits per heavy atom. The van der Waals surface area contributed by atoms with E-state index in [1.54, 1.807) is 44.6 Å². The summed E-state index contributed by atoms with van der Waals surface area (Å²) in [6, 6.07) is 19.8. The third-order valence-electron chi connectivity index (χ3n) is 4.86. The molecule has 3 aromatic carbocycles. The van der Waals surface area contributed by atoms with Gasteiger partial charge >= 0.3 is 0 Å². The minimum atomic E-state index is -0.240. The maximum absolute atomic E-state index is 12.9. The molecule has 0 saturated carbocycles. The second-order valence-corrected chi connectivity index (χ2v) is 6.56. The summed E-state index contributed by atoms with van der Waals surface area (Å²) in [5, 5.41) is 4.05. The fourth-order valence-corrected chi connectivity index (χ4v) is 3.49. The lowest BCUT2D eigenvalue weighted by atomic mass is 10.1. The lowest BCUT2D eigenvalue weighted by Crippen LogP contribution is -2.21. The third kappa shape index (κ3) is 3.40. The van der Waals surface area contributed by atoms with Gasteiger partial charge in [0.1, 0.15) is 18.0 Å². The van der Waals surface area contributed by atoms with Gasteiger partial charge in [-0.05, 0) is 36.4 Å². The SMILES string of the molecule is COc1ccc(OC)c(NC(=O)Cn2c3ccccc3c(=O)c3ccccc32)c1. The van der Waals surface area contributed by atoms with Crippen LogP contribution in [0.1, 0.15) is 0 Å². The van der Waals surface area contributed by atoms with Crippen molar-refractivity contribution < 1.29 is 14.3 Å². The summed E-state index contributed by atoms with van der Waals surface area (Å²) in [5.41, 5.74) is 1.90. The molecular formula is C23H20N2O4. The number of aromatic nitrogens is 1. The van der Waals surface area contributed by atoms with E-state index in [4.69, 9.17) is 9.47 Å². The molecule has 0 unspecified atom stereocenters. The molecule has 1 aromatic heterocycles. The molecule has 1 amide bonds. The average molecular weight is 388 g/mol. The van der Waals surface area contributed by atoms with E-state index in [0.29, 0.717) is 39.0 Å². The van der Waals surface area contributed by atoms with Crippen molar-refractivity contribution in [1.29, 1.82) is 0 Å². The van der Waals surface area contributed by atoms with E-state index < -0.39 is 0 Å². The molecule has 0 atom stereocenters. The van der Waals surface area contributed by atoms with Crippen molar-refractivity contribution in [2.24, 2.45) is 0 Å². The number of methoxy groups -OCH3 is 2. The second kappa shape index (κ2) is 7.67. The zero-order chi connectivity index (χ0) is 20.4. The van der Waals surface area contributed by atoms with Crippen molar-refractivity contribution >= 4 is 33.4 Å². The molecular weight excluding hydrogens is 368 g/mol. The summed E-state index contributed by atoms with van der Waals surface area (Å²) in [5.74, 6) is 0.907. The number of benzene rings is 3. The second-order valence-electron chi connectivity index (χ2n) is 6.56. The molecule has 0 fully saturated rings. The highest BCUT2D eigenvalue weighted by Gasteiger charge is 2.14. The number of fused-ring (bicyclic) bond motifs is 2. The molecule has 0 aliphatic carbocycles. The topological polar surface area (TPSA) is 69.6 Å². The number of hydrogen-bond donors (Lipinski definition) is 1. The normalized spacial score (nSPS) is 10.8. The molecule has 6 heteroatoms. The maximum Gasteiger partial charge on any atom is 0.244 e. The van der Waals surface area contributed by atoms with E-state index >= 15 is 0 Å². The van der Waals surface area contributed by atoms with Crippen LogP contribution < -0.4 is 20.2 Å². The van der Waals surface area contributed by atoms with Crippen molar-refractivity contribution in [1.82, 2.24) is 4.57 Å². The molecule has 0 radical (unpaired) electrons. The number of anilines is 1. The summed E-state index contributed by atoms with van der Waals surface area (Å²) in [6.07, 6.45) is 0. The van der Waals surface area contributed by atoms with Crippen LogP contribution in [0.2, 0.25) is 0 Å².